The second-order valence-corrected chi connectivity index (χ2v) is 8.67. The van der Waals surface area contributed by atoms with Crippen molar-refractivity contribution < 1.29 is 4.79 Å². The molecule has 154 valence electrons. The van der Waals surface area contributed by atoms with Crippen LogP contribution in [-0.4, -0.2) is 33.9 Å². The van der Waals surface area contributed by atoms with Gasteiger partial charge in [0.25, 0.3) is 5.56 Å². The maximum absolute atomic E-state index is 13.0. The summed E-state index contributed by atoms with van der Waals surface area (Å²) in [5.41, 5.74) is 5.95. The molecule has 3 N–H and O–H groups in total. The van der Waals surface area contributed by atoms with Gasteiger partial charge in [-0.05, 0) is 43.9 Å². The molecule has 0 aliphatic heterocycles. The van der Waals surface area contributed by atoms with Gasteiger partial charge in [0.1, 0.15) is 5.82 Å². The van der Waals surface area contributed by atoms with Crippen LogP contribution in [0.25, 0.3) is 10.9 Å². The van der Waals surface area contributed by atoms with E-state index in [1.807, 2.05) is 30.0 Å². The molecule has 0 aliphatic rings. The quantitative estimate of drug-likeness (QED) is 0.642. The third-order valence-electron chi connectivity index (χ3n) is 4.85. The minimum atomic E-state index is -0.290. The minimum absolute atomic E-state index is 0.0923. The van der Waals surface area contributed by atoms with Crippen molar-refractivity contribution in [2.45, 2.75) is 65.8 Å². The van der Waals surface area contributed by atoms with Crippen LogP contribution in [0.5, 0.6) is 0 Å². The third kappa shape index (κ3) is 6.16. The van der Waals surface area contributed by atoms with Crippen LogP contribution in [-0.2, 0) is 4.79 Å². The number of amides is 1. The molecule has 1 amide bonds. The molecule has 6 heteroatoms. The lowest BCUT2D eigenvalue weighted by Gasteiger charge is -2.31. The molecule has 0 unspecified atom stereocenters. The number of aromatic amines is 1. The predicted octanol–water partition coefficient (Wildman–Crippen LogP) is 3.77. The van der Waals surface area contributed by atoms with Gasteiger partial charge in [-0.2, -0.15) is 0 Å². The number of benzene rings is 1. The highest BCUT2D eigenvalue weighted by molar-refractivity contribution is 5.78. The first kappa shape index (κ1) is 22.1. The third-order valence-corrected chi connectivity index (χ3v) is 4.85. The average Bonchev–Trinajstić information content (AvgIpc) is 2.62. The van der Waals surface area contributed by atoms with Crippen molar-refractivity contribution in [3.8, 4) is 0 Å². The Labute approximate surface area is 167 Å². The SMILES string of the molecule is C[C@H](c1nc2ccccc2c(=O)[nH]1)N(CCCCCCN)C(=O)CC(C)(C)C. The summed E-state index contributed by atoms with van der Waals surface area (Å²) in [7, 11) is 0. The van der Waals surface area contributed by atoms with Crippen LogP contribution in [0, 0.1) is 5.41 Å². The van der Waals surface area contributed by atoms with Crippen LogP contribution in [0.2, 0.25) is 0 Å². The van der Waals surface area contributed by atoms with Crippen molar-refractivity contribution in [2.75, 3.05) is 13.1 Å². The van der Waals surface area contributed by atoms with E-state index in [9.17, 15) is 9.59 Å². The largest absolute Gasteiger partial charge is 0.333 e. The number of H-pyrrole nitrogens is 1. The molecule has 0 fully saturated rings. The second kappa shape index (κ2) is 9.82. The Kier molecular flexibility index (Phi) is 7.75. The molecule has 1 heterocycles. The highest BCUT2D eigenvalue weighted by atomic mass is 16.2. The number of aromatic nitrogens is 2. The van der Waals surface area contributed by atoms with Crippen LogP contribution >= 0.6 is 0 Å². The molecule has 28 heavy (non-hydrogen) atoms. The van der Waals surface area contributed by atoms with Gasteiger partial charge in [-0.1, -0.05) is 45.7 Å². The Bertz CT molecular complexity index is 838. The Hall–Kier alpha value is -2.21. The molecule has 1 aromatic carbocycles. The summed E-state index contributed by atoms with van der Waals surface area (Å²) < 4.78 is 0. The van der Waals surface area contributed by atoms with Crippen molar-refractivity contribution in [3.05, 3.63) is 40.4 Å². The summed E-state index contributed by atoms with van der Waals surface area (Å²) in [5.74, 6) is 0.627. The minimum Gasteiger partial charge on any atom is -0.333 e. The van der Waals surface area contributed by atoms with Gasteiger partial charge in [-0.3, -0.25) is 9.59 Å². The maximum atomic E-state index is 13.0. The topological polar surface area (TPSA) is 92.1 Å². The molecule has 0 bridgehead atoms. The average molecular weight is 387 g/mol. The van der Waals surface area contributed by atoms with E-state index in [0.29, 0.717) is 36.2 Å². The summed E-state index contributed by atoms with van der Waals surface area (Å²) in [6.45, 7) is 9.47. The van der Waals surface area contributed by atoms with Crippen LogP contribution in [0.3, 0.4) is 0 Å². The van der Waals surface area contributed by atoms with E-state index in [4.69, 9.17) is 5.73 Å². The van der Waals surface area contributed by atoms with Crippen LogP contribution < -0.4 is 11.3 Å². The summed E-state index contributed by atoms with van der Waals surface area (Å²) in [6.07, 6.45) is 4.48. The van der Waals surface area contributed by atoms with Gasteiger partial charge in [-0.15, -0.1) is 0 Å². The van der Waals surface area contributed by atoms with Crippen LogP contribution in [0.15, 0.2) is 29.1 Å². The Morgan fingerprint density at radius 2 is 1.86 bits per heavy atom. The van der Waals surface area contributed by atoms with Crippen molar-refractivity contribution in [2.24, 2.45) is 11.1 Å². The molecular formula is C22H34N4O2. The molecule has 0 spiro atoms. The molecule has 1 atom stereocenters. The lowest BCUT2D eigenvalue weighted by Crippen LogP contribution is -2.37. The number of nitrogens with one attached hydrogen (secondary N) is 1. The number of nitrogens with zero attached hydrogens (tertiary/aromatic N) is 2. The number of rotatable bonds is 9. The molecular weight excluding hydrogens is 352 g/mol. The standard InChI is InChI=1S/C22H34N4O2/c1-16(20-24-18-12-8-7-11-17(18)21(28)25-20)26(14-10-6-5-9-13-23)19(27)15-22(2,3)4/h7-8,11-12,16H,5-6,9-10,13-15,23H2,1-4H3,(H,24,25,28)/t16-/m1/s1. The van der Waals surface area contributed by atoms with Crippen molar-refractivity contribution in [1.82, 2.24) is 14.9 Å². The van der Waals surface area contributed by atoms with Crippen LogP contribution in [0.1, 0.15) is 71.7 Å². The summed E-state index contributed by atoms with van der Waals surface area (Å²) in [4.78, 5) is 34.8. The van der Waals surface area contributed by atoms with E-state index < -0.39 is 0 Å². The molecule has 0 aliphatic carbocycles. The van der Waals surface area contributed by atoms with Gasteiger partial charge >= 0.3 is 0 Å². The van der Waals surface area contributed by atoms with Gasteiger partial charge in [-0.25, -0.2) is 4.98 Å². The zero-order valence-electron chi connectivity index (χ0n) is 17.6. The van der Waals surface area contributed by atoms with E-state index in [2.05, 4.69) is 30.7 Å². The number of para-hydroxylation sites is 1. The van der Waals surface area contributed by atoms with E-state index >= 15 is 0 Å². The number of nitrogens with two attached hydrogens (primary N) is 1. The Balaban J connectivity index is 2.25. The molecule has 1 aromatic heterocycles. The molecule has 0 saturated heterocycles. The number of hydrogen-bond acceptors (Lipinski definition) is 4. The summed E-state index contributed by atoms with van der Waals surface area (Å²) in [5, 5.41) is 0.563. The number of carbonyl (C=O) groups excluding carboxylic acids is 1. The highest BCUT2D eigenvalue weighted by Crippen LogP contribution is 2.25. The zero-order valence-corrected chi connectivity index (χ0v) is 17.6. The van der Waals surface area contributed by atoms with Gasteiger partial charge in [0.15, 0.2) is 0 Å². The summed E-state index contributed by atoms with van der Waals surface area (Å²) >= 11 is 0. The zero-order chi connectivity index (χ0) is 20.7. The van der Waals surface area contributed by atoms with E-state index in [1.54, 1.807) is 6.07 Å². The van der Waals surface area contributed by atoms with Crippen molar-refractivity contribution >= 4 is 16.8 Å². The fourth-order valence-corrected chi connectivity index (χ4v) is 3.32. The summed E-state index contributed by atoms with van der Waals surface area (Å²) in [6, 6.07) is 6.98. The fourth-order valence-electron chi connectivity index (χ4n) is 3.32. The number of hydrogen-bond donors (Lipinski definition) is 2. The number of unbranched alkanes of at least 4 members (excludes halogenated alkanes) is 3. The van der Waals surface area contributed by atoms with Gasteiger partial charge in [0.2, 0.25) is 5.91 Å². The van der Waals surface area contributed by atoms with Gasteiger partial charge < -0.3 is 15.6 Å². The molecule has 2 aromatic rings. The molecule has 0 saturated carbocycles. The smallest absolute Gasteiger partial charge is 0.258 e. The Morgan fingerprint density at radius 3 is 2.54 bits per heavy atom. The normalized spacial score (nSPS) is 12.9. The predicted molar refractivity (Wildman–Crippen MR) is 114 cm³/mol. The van der Waals surface area contributed by atoms with E-state index in [0.717, 1.165) is 25.7 Å². The monoisotopic (exact) mass is 386 g/mol. The lowest BCUT2D eigenvalue weighted by atomic mass is 9.91. The van der Waals surface area contributed by atoms with Crippen molar-refractivity contribution in [3.63, 3.8) is 0 Å². The van der Waals surface area contributed by atoms with E-state index in [-0.39, 0.29) is 22.9 Å². The maximum Gasteiger partial charge on any atom is 0.258 e. The Morgan fingerprint density at radius 1 is 1.18 bits per heavy atom. The van der Waals surface area contributed by atoms with Gasteiger partial charge in [0.05, 0.1) is 16.9 Å². The number of carbonyl (C=O) groups is 1. The lowest BCUT2D eigenvalue weighted by molar-refractivity contribution is -0.135. The molecule has 2 rings (SSSR count). The van der Waals surface area contributed by atoms with Crippen LogP contribution in [0.4, 0.5) is 0 Å². The fraction of sp³-hybridized carbons (Fsp3) is 0.591. The first-order chi connectivity index (χ1) is 13.2. The second-order valence-electron chi connectivity index (χ2n) is 8.67. The molecule has 6 nitrogen and oxygen atoms in total. The first-order valence-electron chi connectivity index (χ1n) is 10.2. The van der Waals surface area contributed by atoms with E-state index in [1.165, 1.54) is 0 Å². The highest BCUT2D eigenvalue weighted by Gasteiger charge is 2.27. The number of fused-ring (bicyclic) bond motifs is 1. The van der Waals surface area contributed by atoms with Gasteiger partial charge in [0, 0.05) is 13.0 Å². The van der Waals surface area contributed by atoms with Crippen molar-refractivity contribution in [1.29, 1.82) is 0 Å². The molecule has 0 radical (unpaired) electrons. The first-order valence-corrected chi connectivity index (χ1v) is 10.2.